The molecule has 9 heteroatoms. The van der Waals surface area contributed by atoms with E-state index in [0.717, 1.165) is 22.8 Å². The molecule has 1 amide bonds. The van der Waals surface area contributed by atoms with Crippen LogP contribution in [0.2, 0.25) is 0 Å². The Labute approximate surface area is 161 Å². The first-order chi connectivity index (χ1) is 13.5. The zero-order valence-electron chi connectivity index (χ0n) is 15.8. The fourth-order valence-electron chi connectivity index (χ4n) is 3.23. The second-order valence-corrected chi connectivity index (χ2v) is 6.68. The third-order valence-corrected chi connectivity index (χ3v) is 4.73. The lowest BCUT2D eigenvalue weighted by molar-refractivity contribution is -0.117. The van der Waals surface area contributed by atoms with Crippen LogP contribution >= 0.6 is 0 Å². The van der Waals surface area contributed by atoms with Crippen LogP contribution in [0.15, 0.2) is 41.6 Å². The molecule has 0 aliphatic carbocycles. The molecule has 4 heterocycles. The first-order valence-corrected chi connectivity index (χ1v) is 9.14. The maximum atomic E-state index is 12.6. The molecule has 0 aromatic carbocycles. The predicted octanol–water partition coefficient (Wildman–Crippen LogP) is 0.981. The average Bonchev–Trinajstić information content (AvgIpc) is 3.13. The fourth-order valence-corrected chi connectivity index (χ4v) is 3.23. The number of nitrogens with one attached hydrogen (secondary N) is 1. The molecule has 0 unspecified atom stereocenters. The van der Waals surface area contributed by atoms with Gasteiger partial charge >= 0.3 is 0 Å². The first-order valence-electron chi connectivity index (χ1n) is 9.14. The Bertz CT molecular complexity index is 1050. The van der Waals surface area contributed by atoms with Crippen LogP contribution < -0.4 is 15.4 Å². The molecule has 1 N–H and O–H groups in total. The van der Waals surface area contributed by atoms with Gasteiger partial charge in [0.1, 0.15) is 11.6 Å². The summed E-state index contributed by atoms with van der Waals surface area (Å²) < 4.78 is 1.68. The quantitative estimate of drug-likeness (QED) is 0.725. The largest absolute Gasteiger partial charge is 0.345 e. The van der Waals surface area contributed by atoms with Crippen molar-refractivity contribution in [3.63, 3.8) is 0 Å². The molecule has 3 aromatic rings. The maximum absolute atomic E-state index is 12.6. The molecule has 0 radical (unpaired) electrons. The number of carbonyl (C=O) groups excluding carboxylic acids is 1. The van der Waals surface area contributed by atoms with Crippen LogP contribution in [0.1, 0.15) is 12.6 Å². The lowest BCUT2D eigenvalue weighted by Crippen LogP contribution is -2.50. The summed E-state index contributed by atoms with van der Waals surface area (Å²) in [5.74, 6) is 1.23. The van der Waals surface area contributed by atoms with Crippen LogP contribution in [0, 0.1) is 0 Å². The molecule has 1 saturated heterocycles. The number of aromatic amines is 1. The minimum atomic E-state index is -0.178. The summed E-state index contributed by atoms with van der Waals surface area (Å²) in [4.78, 5) is 39.7. The summed E-state index contributed by atoms with van der Waals surface area (Å²) in [6, 6.07) is 5.21. The summed E-state index contributed by atoms with van der Waals surface area (Å²) in [6.07, 6.45) is 5.88. The van der Waals surface area contributed by atoms with Crippen molar-refractivity contribution in [1.82, 2.24) is 24.7 Å². The number of carbonyl (C=O) groups is 1. The number of amides is 1. The monoisotopic (exact) mass is 379 g/mol. The van der Waals surface area contributed by atoms with Crippen molar-refractivity contribution in [3.8, 4) is 11.4 Å². The highest BCUT2D eigenvalue weighted by molar-refractivity contribution is 5.97. The molecular weight excluding hydrogens is 358 g/mol. The number of aryl methyl sites for hydroxylation is 2. The van der Waals surface area contributed by atoms with Gasteiger partial charge in [-0.2, -0.15) is 5.10 Å². The van der Waals surface area contributed by atoms with Gasteiger partial charge in [0.2, 0.25) is 5.91 Å². The summed E-state index contributed by atoms with van der Waals surface area (Å²) in [5.41, 5.74) is 2.10. The van der Waals surface area contributed by atoms with Gasteiger partial charge in [0.15, 0.2) is 0 Å². The van der Waals surface area contributed by atoms with Crippen molar-refractivity contribution >= 4 is 17.4 Å². The van der Waals surface area contributed by atoms with E-state index in [1.165, 1.54) is 6.07 Å². The van der Waals surface area contributed by atoms with Crippen molar-refractivity contribution in [2.45, 2.75) is 13.3 Å². The topological polar surface area (TPSA) is 100 Å². The Kier molecular flexibility index (Phi) is 4.64. The van der Waals surface area contributed by atoms with Crippen LogP contribution in [0.5, 0.6) is 0 Å². The van der Waals surface area contributed by atoms with Gasteiger partial charge in [0, 0.05) is 49.9 Å². The Morgan fingerprint density at radius 2 is 2.04 bits per heavy atom. The number of anilines is 2. The summed E-state index contributed by atoms with van der Waals surface area (Å²) >= 11 is 0. The number of aromatic nitrogens is 5. The molecule has 9 nitrogen and oxygen atoms in total. The maximum Gasteiger partial charge on any atom is 0.251 e. The van der Waals surface area contributed by atoms with Crippen molar-refractivity contribution in [2.24, 2.45) is 7.05 Å². The van der Waals surface area contributed by atoms with Crippen molar-refractivity contribution in [3.05, 3.63) is 52.8 Å². The highest BCUT2D eigenvalue weighted by Crippen LogP contribution is 2.21. The van der Waals surface area contributed by atoms with E-state index in [2.05, 4.69) is 20.1 Å². The van der Waals surface area contributed by atoms with E-state index < -0.39 is 0 Å². The minimum Gasteiger partial charge on any atom is -0.345 e. The second kappa shape index (κ2) is 7.26. The smallest absolute Gasteiger partial charge is 0.251 e. The lowest BCUT2D eigenvalue weighted by atomic mass is 10.2. The van der Waals surface area contributed by atoms with E-state index in [4.69, 9.17) is 0 Å². The van der Waals surface area contributed by atoms with E-state index >= 15 is 0 Å². The number of piperazine rings is 1. The molecule has 1 aliphatic rings. The molecule has 0 spiro atoms. The SMILES string of the molecule is CCc1cc(=O)[nH]c(-c2ccc(N3CCN(c4cnn(C)c4)C(=O)C3)nc2)n1. The van der Waals surface area contributed by atoms with Gasteiger partial charge in [0.05, 0.1) is 18.4 Å². The highest BCUT2D eigenvalue weighted by Gasteiger charge is 2.26. The normalized spacial score (nSPS) is 14.6. The van der Waals surface area contributed by atoms with Crippen LogP contribution in [-0.4, -0.2) is 50.3 Å². The third-order valence-electron chi connectivity index (χ3n) is 4.73. The van der Waals surface area contributed by atoms with E-state index in [1.54, 1.807) is 22.0 Å². The molecule has 0 bridgehead atoms. The summed E-state index contributed by atoms with van der Waals surface area (Å²) in [5, 5.41) is 4.13. The Morgan fingerprint density at radius 1 is 1.18 bits per heavy atom. The molecule has 144 valence electrons. The molecule has 0 atom stereocenters. The standard InChI is InChI=1S/C19H21N7O2/c1-3-14-8-17(27)23-19(22-14)13-4-5-16(20-9-13)25-6-7-26(18(28)12-25)15-10-21-24(2)11-15/h4-5,8-11H,3,6-7,12H2,1-2H3,(H,22,23,27). The van der Waals surface area contributed by atoms with Gasteiger partial charge in [-0.25, -0.2) is 9.97 Å². The number of nitrogens with zero attached hydrogens (tertiary/aromatic N) is 6. The predicted molar refractivity (Wildman–Crippen MR) is 105 cm³/mol. The molecular formula is C19H21N7O2. The van der Waals surface area contributed by atoms with Gasteiger partial charge in [-0.1, -0.05) is 6.92 Å². The Hall–Kier alpha value is -3.49. The van der Waals surface area contributed by atoms with Gasteiger partial charge < -0.3 is 14.8 Å². The van der Waals surface area contributed by atoms with Crippen LogP contribution in [-0.2, 0) is 18.3 Å². The molecule has 1 aliphatic heterocycles. The fraction of sp³-hybridized carbons (Fsp3) is 0.316. The van der Waals surface area contributed by atoms with E-state index in [9.17, 15) is 9.59 Å². The molecule has 3 aromatic heterocycles. The van der Waals surface area contributed by atoms with Gasteiger partial charge in [-0.15, -0.1) is 0 Å². The summed E-state index contributed by atoms with van der Waals surface area (Å²) in [6.45, 7) is 3.45. The van der Waals surface area contributed by atoms with Gasteiger partial charge in [0.25, 0.3) is 5.56 Å². The molecule has 4 rings (SSSR count). The van der Waals surface area contributed by atoms with Crippen LogP contribution in [0.3, 0.4) is 0 Å². The van der Waals surface area contributed by atoms with Crippen LogP contribution in [0.25, 0.3) is 11.4 Å². The van der Waals surface area contributed by atoms with Crippen molar-refractivity contribution in [1.29, 1.82) is 0 Å². The van der Waals surface area contributed by atoms with Crippen LogP contribution in [0.4, 0.5) is 11.5 Å². The van der Waals surface area contributed by atoms with Crippen molar-refractivity contribution in [2.75, 3.05) is 29.4 Å². The van der Waals surface area contributed by atoms with E-state index in [0.29, 0.717) is 25.3 Å². The van der Waals surface area contributed by atoms with E-state index in [-0.39, 0.29) is 18.0 Å². The van der Waals surface area contributed by atoms with Crippen molar-refractivity contribution < 1.29 is 4.79 Å². The number of hydrogen-bond donors (Lipinski definition) is 1. The number of rotatable bonds is 4. The van der Waals surface area contributed by atoms with Gasteiger partial charge in [-0.05, 0) is 18.6 Å². The second-order valence-electron chi connectivity index (χ2n) is 6.68. The van der Waals surface area contributed by atoms with Gasteiger partial charge in [-0.3, -0.25) is 14.3 Å². The molecule has 0 saturated carbocycles. The lowest BCUT2D eigenvalue weighted by Gasteiger charge is -2.34. The minimum absolute atomic E-state index is 0.00627. The first kappa shape index (κ1) is 17.9. The average molecular weight is 379 g/mol. The molecule has 28 heavy (non-hydrogen) atoms. The zero-order valence-corrected chi connectivity index (χ0v) is 15.8. The highest BCUT2D eigenvalue weighted by atomic mass is 16.2. The number of hydrogen-bond acceptors (Lipinski definition) is 6. The summed E-state index contributed by atoms with van der Waals surface area (Å²) in [7, 11) is 1.83. The third kappa shape index (κ3) is 3.51. The zero-order chi connectivity index (χ0) is 19.7. The Balaban J connectivity index is 1.50. The number of H-pyrrole nitrogens is 1. The van der Waals surface area contributed by atoms with E-state index in [1.807, 2.05) is 37.2 Å². The number of pyridine rings is 1. The Morgan fingerprint density at radius 3 is 2.68 bits per heavy atom. The molecule has 1 fully saturated rings.